The van der Waals surface area contributed by atoms with Crippen LogP contribution in [0.5, 0.6) is 0 Å². The smallest absolute Gasteiger partial charge is 0.468 e. The van der Waals surface area contributed by atoms with Crippen molar-refractivity contribution in [1.29, 1.82) is 0 Å². The molecule has 0 aromatic carbocycles. The lowest BCUT2D eigenvalue weighted by molar-refractivity contribution is 0.00578. The Kier molecular flexibility index (Phi) is 3.49. The van der Waals surface area contributed by atoms with Crippen LogP contribution < -0.4 is 0 Å². The summed E-state index contributed by atoms with van der Waals surface area (Å²) in [5.74, 6) is 0.990. The molecule has 0 aromatic rings. The van der Waals surface area contributed by atoms with Crippen molar-refractivity contribution >= 4 is 7.12 Å². The SMILES string of the molecule is CC1=CC(C)(C)OC2=CCC(C)(B3OC(C)(C)C(C)(C)O3)C=C12. The summed E-state index contributed by atoms with van der Waals surface area (Å²) in [4.78, 5) is 0. The first kappa shape index (κ1) is 16.8. The monoisotopic (exact) mass is 316 g/mol. The van der Waals surface area contributed by atoms with Crippen LogP contribution in [0.15, 0.2) is 35.1 Å². The van der Waals surface area contributed by atoms with Crippen molar-refractivity contribution in [2.24, 2.45) is 0 Å². The second-order valence-corrected chi connectivity index (χ2v) is 8.96. The first-order valence-electron chi connectivity index (χ1n) is 8.53. The molecule has 2 heterocycles. The molecule has 3 aliphatic rings. The van der Waals surface area contributed by atoms with Crippen molar-refractivity contribution in [2.45, 2.75) is 83.9 Å². The summed E-state index contributed by atoms with van der Waals surface area (Å²) in [7, 11) is -0.250. The standard InChI is InChI=1S/C19H29BO3/c1-13-11-16(2,3)21-15-9-10-19(8,12-14(13)15)20-22-17(4,5)18(6,7)23-20/h9,11-12H,10H2,1-8H3. The molecule has 1 atom stereocenters. The van der Waals surface area contributed by atoms with Crippen molar-refractivity contribution < 1.29 is 14.0 Å². The van der Waals surface area contributed by atoms with E-state index in [-0.39, 0.29) is 29.2 Å². The summed E-state index contributed by atoms with van der Waals surface area (Å²) >= 11 is 0. The lowest BCUT2D eigenvalue weighted by Crippen LogP contribution is -2.41. The number of ether oxygens (including phenoxy) is 1. The van der Waals surface area contributed by atoms with Crippen LogP contribution in [0.3, 0.4) is 0 Å². The van der Waals surface area contributed by atoms with Gasteiger partial charge in [-0.2, -0.15) is 0 Å². The van der Waals surface area contributed by atoms with Crippen LogP contribution >= 0.6 is 0 Å². The summed E-state index contributed by atoms with van der Waals surface area (Å²) < 4.78 is 18.7. The maximum Gasteiger partial charge on any atom is 0.468 e. The third kappa shape index (κ3) is 2.70. The molecule has 3 nitrogen and oxygen atoms in total. The molecule has 1 fully saturated rings. The maximum atomic E-state index is 6.31. The molecular weight excluding hydrogens is 287 g/mol. The predicted molar refractivity (Wildman–Crippen MR) is 94.2 cm³/mol. The number of allylic oxidation sites excluding steroid dienone is 3. The largest absolute Gasteiger partial charge is 0.483 e. The van der Waals surface area contributed by atoms with Crippen LogP contribution in [0.1, 0.15) is 61.8 Å². The fraction of sp³-hybridized carbons (Fsp3) is 0.684. The molecule has 4 heteroatoms. The third-order valence-electron chi connectivity index (χ3n) is 5.62. The zero-order chi connectivity index (χ0) is 17.3. The molecule has 0 saturated carbocycles. The molecule has 1 unspecified atom stereocenters. The van der Waals surface area contributed by atoms with Gasteiger partial charge in [0.05, 0.1) is 11.2 Å². The van der Waals surface area contributed by atoms with E-state index >= 15 is 0 Å². The average molecular weight is 316 g/mol. The molecule has 0 N–H and O–H groups in total. The highest BCUT2D eigenvalue weighted by molar-refractivity contribution is 6.50. The Morgan fingerprint density at radius 2 is 1.48 bits per heavy atom. The summed E-state index contributed by atoms with van der Waals surface area (Å²) in [5.41, 5.74) is 1.58. The number of fused-ring (bicyclic) bond motifs is 1. The summed E-state index contributed by atoms with van der Waals surface area (Å²) in [6, 6.07) is 0. The Morgan fingerprint density at radius 1 is 0.913 bits per heavy atom. The normalized spacial score (nSPS) is 34.1. The Labute approximate surface area is 140 Å². The van der Waals surface area contributed by atoms with Gasteiger partial charge in [-0.1, -0.05) is 13.0 Å². The van der Waals surface area contributed by atoms with Crippen molar-refractivity contribution in [2.75, 3.05) is 0 Å². The molecule has 126 valence electrons. The van der Waals surface area contributed by atoms with Crippen LogP contribution in [0.25, 0.3) is 0 Å². The van der Waals surface area contributed by atoms with Gasteiger partial charge < -0.3 is 14.0 Å². The van der Waals surface area contributed by atoms with Gasteiger partial charge in [0.15, 0.2) is 0 Å². The minimum atomic E-state index is -0.306. The van der Waals surface area contributed by atoms with Crippen molar-refractivity contribution in [3.63, 3.8) is 0 Å². The number of rotatable bonds is 1. The van der Waals surface area contributed by atoms with E-state index in [2.05, 4.69) is 73.6 Å². The van der Waals surface area contributed by atoms with E-state index in [1.165, 1.54) is 11.1 Å². The summed E-state index contributed by atoms with van der Waals surface area (Å²) in [5, 5.41) is -0.191. The lowest BCUT2D eigenvalue weighted by Gasteiger charge is -2.38. The molecule has 23 heavy (non-hydrogen) atoms. The molecule has 3 rings (SSSR count). The fourth-order valence-electron chi connectivity index (χ4n) is 3.48. The van der Waals surface area contributed by atoms with Gasteiger partial charge in [-0.25, -0.2) is 0 Å². The van der Waals surface area contributed by atoms with Gasteiger partial charge in [0.25, 0.3) is 0 Å². The Balaban J connectivity index is 1.94. The molecule has 0 amide bonds. The van der Waals surface area contributed by atoms with Gasteiger partial charge in [-0.05, 0) is 72.6 Å². The van der Waals surface area contributed by atoms with Gasteiger partial charge in [-0.3, -0.25) is 0 Å². The van der Waals surface area contributed by atoms with Gasteiger partial charge in [0, 0.05) is 10.9 Å². The summed E-state index contributed by atoms with van der Waals surface area (Å²) in [6.45, 7) is 17.0. The first-order chi connectivity index (χ1) is 10.4. The van der Waals surface area contributed by atoms with Gasteiger partial charge in [-0.15, -0.1) is 0 Å². The van der Waals surface area contributed by atoms with E-state index in [0.29, 0.717) is 0 Å². The summed E-state index contributed by atoms with van der Waals surface area (Å²) in [6.07, 6.45) is 7.52. The molecule has 0 bridgehead atoms. The van der Waals surface area contributed by atoms with E-state index in [0.717, 1.165) is 12.2 Å². The van der Waals surface area contributed by atoms with E-state index in [1.54, 1.807) is 0 Å². The van der Waals surface area contributed by atoms with Crippen molar-refractivity contribution in [3.8, 4) is 0 Å². The van der Waals surface area contributed by atoms with Gasteiger partial charge in [0.1, 0.15) is 11.4 Å². The van der Waals surface area contributed by atoms with Crippen LogP contribution in [-0.4, -0.2) is 23.9 Å². The highest BCUT2D eigenvalue weighted by atomic mass is 16.7. The maximum absolute atomic E-state index is 6.31. The average Bonchev–Trinajstić information content (AvgIpc) is 2.59. The van der Waals surface area contributed by atoms with Crippen molar-refractivity contribution in [1.82, 2.24) is 0 Å². The third-order valence-corrected chi connectivity index (χ3v) is 5.62. The Hall–Kier alpha value is -0.995. The molecule has 2 aliphatic heterocycles. The molecule has 0 aromatic heterocycles. The van der Waals surface area contributed by atoms with Crippen LogP contribution in [0, 0.1) is 0 Å². The lowest BCUT2D eigenvalue weighted by atomic mass is 9.54. The molecular formula is C19H29BO3. The van der Waals surface area contributed by atoms with E-state index in [1.807, 2.05) is 0 Å². The van der Waals surface area contributed by atoms with E-state index in [4.69, 9.17) is 14.0 Å². The molecule has 0 radical (unpaired) electrons. The highest BCUT2D eigenvalue weighted by Gasteiger charge is 2.57. The van der Waals surface area contributed by atoms with Crippen LogP contribution in [0.2, 0.25) is 5.31 Å². The zero-order valence-corrected chi connectivity index (χ0v) is 15.7. The second kappa shape index (κ2) is 4.76. The van der Waals surface area contributed by atoms with Gasteiger partial charge >= 0.3 is 7.12 Å². The zero-order valence-electron chi connectivity index (χ0n) is 15.7. The molecule has 1 saturated heterocycles. The highest BCUT2D eigenvalue weighted by Crippen LogP contribution is 2.52. The minimum Gasteiger partial charge on any atom is -0.483 e. The Morgan fingerprint density at radius 3 is 2.04 bits per heavy atom. The Bertz CT molecular complexity index is 609. The van der Waals surface area contributed by atoms with Gasteiger partial charge in [0.2, 0.25) is 0 Å². The fourth-order valence-corrected chi connectivity index (χ4v) is 3.48. The van der Waals surface area contributed by atoms with Crippen LogP contribution in [0.4, 0.5) is 0 Å². The second-order valence-electron chi connectivity index (χ2n) is 8.96. The van der Waals surface area contributed by atoms with E-state index in [9.17, 15) is 0 Å². The predicted octanol–water partition coefficient (Wildman–Crippen LogP) is 4.81. The first-order valence-corrected chi connectivity index (χ1v) is 8.53. The topological polar surface area (TPSA) is 27.7 Å². The minimum absolute atomic E-state index is 0.191. The quantitative estimate of drug-likeness (QED) is 0.650. The van der Waals surface area contributed by atoms with E-state index < -0.39 is 0 Å². The number of hydrogen-bond acceptors (Lipinski definition) is 3. The molecule has 1 aliphatic carbocycles. The molecule has 0 spiro atoms. The number of hydrogen-bond donors (Lipinski definition) is 0. The van der Waals surface area contributed by atoms with Crippen LogP contribution in [-0.2, 0) is 14.0 Å². The van der Waals surface area contributed by atoms with Crippen molar-refractivity contribution in [3.05, 3.63) is 35.1 Å².